The number of morpholine rings is 1. The van der Waals surface area contributed by atoms with Crippen molar-refractivity contribution in [2.45, 2.75) is 18.4 Å². The summed E-state index contributed by atoms with van der Waals surface area (Å²) in [5.74, 6) is 0.0125. The fourth-order valence-corrected chi connectivity index (χ4v) is 4.07. The van der Waals surface area contributed by atoms with Crippen LogP contribution in [0, 0.1) is 5.82 Å². The first-order valence-electron chi connectivity index (χ1n) is 11.1. The topological polar surface area (TPSA) is 79.9 Å². The summed E-state index contributed by atoms with van der Waals surface area (Å²) in [6.07, 6.45) is 5.07. The van der Waals surface area contributed by atoms with Crippen molar-refractivity contribution < 1.29 is 23.5 Å². The lowest BCUT2D eigenvalue weighted by molar-refractivity contribution is -0.160. The van der Waals surface area contributed by atoms with Gasteiger partial charge < -0.3 is 20.1 Å². The van der Waals surface area contributed by atoms with Crippen molar-refractivity contribution >= 4 is 17.5 Å². The minimum Gasteiger partial charge on any atom is -0.491 e. The van der Waals surface area contributed by atoms with Gasteiger partial charge in [-0.3, -0.25) is 14.5 Å². The highest BCUT2D eigenvalue weighted by Crippen LogP contribution is 2.25. The maximum atomic E-state index is 13.1. The van der Waals surface area contributed by atoms with Crippen LogP contribution in [0.1, 0.15) is 12.0 Å². The number of carbonyl (C=O) groups excluding carboxylic acids is 2. The Morgan fingerprint density at radius 1 is 1.12 bits per heavy atom. The van der Waals surface area contributed by atoms with E-state index < -0.39 is 5.60 Å². The van der Waals surface area contributed by atoms with Gasteiger partial charge in [0.15, 0.2) is 5.60 Å². The van der Waals surface area contributed by atoms with Gasteiger partial charge in [-0.05, 0) is 42.3 Å². The number of carbonyl (C=O) groups is 2. The first kappa shape index (κ1) is 22.9. The molecule has 0 aromatic heterocycles. The summed E-state index contributed by atoms with van der Waals surface area (Å²) < 4.78 is 24.9. The highest BCUT2D eigenvalue weighted by molar-refractivity contribution is 5.92. The Bertz CT molecular complexity index is 1010. The van der Waals surface area contributed by atoms with Crippen LogP contribution in [0.5, 0.6) is 5.75 Å². The van der Waals surface area contributed by atoms with Crippen LogP contribution in [0.25, 0.3) is 0 Å². The number of rotatable bonds is 3. The van der Waals surface area contributed by atoms with Gasteiger partial charge in [-0.1, -0.05) is 30.4 Å². The molecule has 7 nitrogen and oxygen atoms in total. The zero-order chi connectivity index (χ0) is 23.1. The molecule has 2 heterocycles. The fourth-order valence-electron chi connectivity index (χ4n) is 4.07. The van der Waals surface area contributed by atoms with Crippen molar-refractivity contribution in [2.75, 3.05) is 44.7 Å². The monoisotopic (exact) mass is 453 g/mol. The first-order chi connectivity index (χ1) is 16.0. The zero-order valence-corrected chi connectivity index (χ0v) is 18.4. The Morgan fingerprint density at radius 2 is 1.94 bits per heavy atom. The van der Waals surface area contributed by atoms with Crippen LogP contribution in [0.2, 0.25) is 0 Å². The van der Waals surface area contributed by atoms with Crippen LogP contribution in [0.3, 0.4) is 0 Å². The molecule has 1 atom stereocenters. The lowest BCUT2D eigenvalue weighted by Crippen LogP contribution is -2.60. The number of anilines is 1. The lowest BCUT2D eigenvalue weighted by atomic mass is 9.94. The predicted molar refractivity (Wildman–Crippen MR) is 123 cm³/mol. The van der Waals surface area contributed by atoms with Crippen molar-refractivity contribution in [1.82, 2.24) is 10.2 Å². The van der Waals surface area contributed by atoms with Crippen LogP contribution >= 0.6 is 0 Å². The second-order valence-electron chi connectivity index (χ2n) is 8.20. The maximum absolute atomic E-state index is 13.1. The largest absolute Gasteiger partial charge is 0.491 e. The standard InChI is InChI=1S/C25H28FN3O4/c26-20-8-10-21(11-9-20)28-23(30)17-29-14-16-33-25(18-29)12-4-3-6-19-5-1-2-7-22(19)32-15-13-27-24(25)31/h1-5,7-11H,6,12-18H2,(H,27,31)(H,28,30)/b4-3+. The molecule has 2 aromatic rings. The molecule has 2 amide bonds. The molecule has 0 saturated carbocycles. The van der Waals surface area contributed by atoms with Gasteiger partial charge in [0.05, 0.1) is 19.7 Å². The van der Waals surface area contributed by atoms with Gasteiger partial charge in [-0.15, -0.1) is 0 Å². The van der Waals surface area contributed by atoms with Crippen molar-refractivity contribution in [2.24, 2.45) is 0 Å². The summed E-state index contributed by atoms with van der Waals surface area (Å²) in [6, 6.07) is 13.5. The minimum absolute atomic E-state index is 0.107. The van der Waals surface area contributed by atoms with Gasteiger partial charge >= 0.3 is 0 Å². The molecule has 33 heavy (non-hydrogen) atoms. The lowest BCUT2D eigenvalue weighted by Gasteiger charge is -2.41. The van der Waals surface area contributed by atoms with E-state index in [-0.39, 0.29) is 30.7 Å². The molecule has 1 saturated heterocycles. The predicted octanol–water partition coefficient (Wildman–Crippen LogP) is 2.53. The van der Waals surface area contributed by atoms with Crippen LogP contribution in [-0.4, -0.2) is 61.7 Å². The first-order valence-corrected chi connectivity index (χ1v) is 11.1. The summed E-state index contributed by atoms with van der Waals surface area (Å²) in [6.45, 7) is 1.98. The van der Waals surface area contributed by atoms with Crippen LogP contribution in [0.4, 0.5) is 10.1 Å². The molecule has 4 rings (SSSR count). The van der Waals surface area contributed by atoms with Gasteiger partial charge in [0.1, 0.15) is 18.2 Å². The normalized spacial score (nSPS) is 22.8. The number of nitrogens with one attached hydrogen (secondary N) is 2. The highest BCUT2D eigenvalue weighted by atomic mass is 19.1. The summed E-state index contributed by atoms with van der Waals surface area (Å²) in [5, 5.41) is 5.69. The summed E-state index contributed by atoms with van der Waals surface area (Å²) >= 11 is 0. The molecule has 0 aliphatic carbocycles. The van der Waals surface area contributed by atoms with Crippen LogP contribution in [0.15, 0.2) is 60.7 Å². The average Bonchev–Trinajstić information content (AvgIpc) is 2.81. The second-order valence-corrected chi connectivity index (χ2v) is 8.20. The number of hydrogen-bond acceptors (Lipinski definition) is 5. The summed E-state index contributed by atoms with van der Waals surface area (Å²) in [4.78, 5) is 27.6. The second kappa shape index (κ2) is 10.6. The van der Waals surface area contributed by atoms with Crippen LogP contribution in [-0.2, 0) is 20.7 Å². The molecule has 2 N–H and O–H groups in total. The van der Waals surface area contributed by atoms with E-state index in [4.69, 9.17) is 9.47 Å². The Morgan fingerprint density at radius 3 is 2.79 bits per heavy atom. The fraction of sp³-hybridized carbons (Fsp3) is 0.360. The third kappa shape index (κ3) is 5.97. The van der Waals surface area contributed by atoms with E-state index in [2.05, 4.69) is 10.6 Å². The van der Waals surface area contributed by atoms with E-state index in [1.165, 1.54) is 24.3 Å². The molecule has 1 unspecified atom stereocenters. The number of nitrogens with zero attached hydrogens (tertiary/aromatic N) is 1. The maximum Gasteiger partial charge on any atom is 0.254 e. The van der Waals surface area contributed by atoms with E-state index in [0.717, 1.165) is 11.3 Å². The van der Waals surface area contributed by atoms with E-state index in [9.17, 15) is 14.0 Å². The molecule has 2 aliphatic rings. The number of para-hydroxylation sites is 1. The van der Waals surface area contributed by atoms with E-state index in [1.54, 1.807) is 0 Å². The third-order valence-corrected chi connectivity index (χ3v) is 5.74. The number of halogens is 1. The number of benzene rings is 2. The Labute approximate surface area is 192 Å². The van der Waals surface area contributed by atoms with Crippen molar-refractivity contribution in [1.29, 1.82) is 0 Å². The summed E-state index contributed by atoms with van der Waals surface area (Å²) in [7, 11) is 0. The van der Waals surface area contributed by atoms with Gasteiger partial charge in [-0.25, -0.2) is 4.39 Å². The Kier molecular flexibility index (Phi) is 7.36. The minimum atomic E-state index is -1.08. The van der Waals surface area contributed by atoms with Gasteiger partial charge in [-0.2, -0.15) is 0 Å². The number of allylic oxidation sites excluding steroid dienone is 1. The van der Waals surface area contributed by atoms with Gasteiger partial charge in [0, 0.05) is 25.2 Å². The highest BCUT2D eigenvalue weighted by Gasteiger charge is 2.43. The van der Waals surface area contributed by atoms with Gasteiger partial charge in [0.25, 0.3) is 5.91 Å². The zero-order valence-electron chi connectivity index (χ0n) is 18.4. The van der Waals surface area contributed by atoms with E-state index in [1.807, 2.05) is 41.3 Å². The Hall–Kier alpha value is -3.23. The van der Waals surface area contributed by atoms with E-state index in [0.29, 0.717) is 44.8 Å². The molecular formula is C25H28FN3O4. The molecule has 174 valence electrons. The molecule has 1 fully saturated rings. The number of ether oxygens (including phenoxy) is 2. The SMILES string of the molecule is O=C(CN1CCOC2(C/C=C/Cc3ccccc3OCCNC2=O)C1)Nc1ccc(F)cc1. The molecule has 2 aliphatic heterocycles. The smallest absolute Gasteiger partial charge is 0.254 e. The quantitative estimate of drug-likeness (QED) is 0.699. The Balaban J connectivity index is 1.43. The van der Waals surface area contributed by atoms with Gasteiger partial charge in [0.2, 0.25) is 5.91 Å². The van der Waals surface area contributed by atoms with Crippen LogP contribution < -0.4 is 15.4 Å². The number of amides is 2. The average molecular weight is 454 g/mol. The van der Waals surface area contributed by atoms with E-state index >= 15 is 0 Å². The van der Waals surface area contributed by atoms with Crippen molar-refractivity contribution in [3.63, 3.8) is 0 Å². The molecule has 2 aromatic carbocycles. The molecule has 0 bridgehead atoms. The molecular weight excluding hydrogens is 425 g/mol. The molecule has 0 radical (unpaired) electrons. The number of hydrogen-bond donors (Lipinski definition) is 2. The van der Waals surface area contributed by atoms with Crippen molar-refractivity contribution in [3.8, 4) is 5.75 Å². The summed E-state index contributed by atoms with van der Waals surface area (Å²) in [5.41, 5.74) is 0.526. The van der Waals surface area contributed by atoms with Crippen molar-refractivity contribution in [3.05, 3.63) is 72.1 Å². The number of fused-ring (bicyclic) bond motifs is 1. The third-order valence-electron chi connectivity index (χ3n) is 5.74. The molecule has 8 heteroatoms. The molecule has 1 spiro atoms.